The maximum absolute atomic E-state index is 11.9. The Labute approximate surface area is 120 Å². The summed E-state index contributed by atoms with van der Waals surface area (Å²) in [5.74, 6) is 0.227. The van der Waals surface area contributed by atoms with Crippen LogP contribution >= 0.6 is 0 Å². The second kappa shape index (κ2) is 6.93. The van der Waals surface area contributed by atoms with Crippen LogP contribution in [0.15, 0.2) is 18.2 Å². The van der Waals surface area contributed by atoms with E-state index in [1.807, 2.05) is 33.8 Å². The second-order valence-corrected chi connectivity index (χ2v) is 5.34. The van der Waals surface area contributed by atoms with Crippen molar-refractivity contribution >= 4 is 23.3 Å². The highest BCUT2D eigenvalue weighted by Gasteiger charge is 2.11. The molecule has 5 nitrogen and oxygen atoms in total. The largest absolute Gasteiger partial charge is 0.335 e. The SMILES string of the molecule is CC(=O)Nc1ccc(C)c(NC(=O)N[C@H](C)C(C)C)c1. The van der Waals surface area contributed by atoms with Crippen molar-refractivity contribution in [3.8, 4) is 0 Å². The van der Waals surface area contributed by atoms with E-state index in [1.54, 1.807) is 12.1 Å². The molecular weight excluding hydrogens is 254 g/mol. The first-order chi connectivity index (χ1) is 9.29. The third kappa shape index (κ3) is 4.91. The molecule has 3 N–H and O–H groups in total. The summed E-state index contributed by atoms with van der Waals surface area (Å²) >= 11 is 0. The van der Waals surface area contributed by atoms with Crippen LogP contribution in [0.3, 0.4) is 0 Å². The van der Waals surface area contributed by atoms with Gasteiger partial charge in [0.25, 0.3) is 0 Å². The summed E-state index contributed by atoms with van der Waals surface area (Å²) in [5, 5.41) is 8.38. The summed E-state index contributed by atoms with van der Waals surface area (Å²) in [6.45, 7) is 9.41. The maximum atomic E-state index is 11.9. The van der Waals surface area contributed by atoms with Gasteiger partial charge in [-0.2, -0.15) is 0 Å². The van der Waals surface area contributed by atoms with E-state index in [-0.39, 0.29) is 18.0 Å². The Hall–Kier alpha value is -2.04. The Morgan fingerprint density at radius 2 is 1.75 bits per heavy atom. The lowest BCUT2D eigenvalue weighted by Gasteiger charge is -2.18. The van der Waals surface area contributed by atoms with Gasteiger partial charge in [0.1, 0.15) is 0 Å². The highest BCUT2D eigenvalue weighted by molar-refractivity contribution is 5.93. The molecule has 0 bridgehead atoms. The lowest BCUT2D eigenvalue weighted by Crippen LogP contribution is -2.39. The van der Waals surface area contributed by atoms with E-state index in [0.29, 0.717) is 17.3 Å². The van der Waals surface area contributed by atoms with Gasteiger partial charge in [0.05, 0.1) is 0 Å². The summed E-state index contributed by atoms with van der Waals surface area (Å²) in [7, 11) is 0. The van der Waals surface area contributed by atoms with Crippen LogP contribution < -0.4 is 16.0 Å². The van der Waals surface area contributed by atoms with Crippen molar-refractivity contribution in [1.82, 2.24) is 5.32 Å². The number of carbonyl (C=O) groups is 2. The van der Waals surface area contributed by atoms with Crippen molar-refractivity contribution in [3.63, 3.8) is 0 Å². The van der Waals surface area contributed by atoms with Crippen LogP contribution in [-0.2, 0) is 4.79 Å². The molecule has 0 aliphatic heterocycles. The Balaban J connectivity index is 2.75. The summed E-state index contributed by atoms with van der Waals surface area (Å²) in [5.41, 5.74) is 2.28. The Kier molecular flexibility index (Phi) is 5.55. The fraction of sp³-hybridized carbons (Fsp3) is 0.467. The van der Waals surface area contributed by atoms with Crippen LogP contribution in [0.25, 0.3) is 0 Å². The van der Waals surface area contributed by atoms with Gasteiger partial charge in [-0.25, -0.2) is 4.79 Å². The summed E-state index contributed by atoms with van der Waals surface area (Å²) in [6, 6.07) is 5.25. The number of aryl methyl sites for hydroxylation is 1. The lowest BCUT2D eigenvalue weighted by atomic mass is 10.1. The Morgan fingerprint density at radius 3 is 2.30 bits per heavy atom. The minimum Gasteiger partial charge on any atom is -0.335 e. The Morgan fingerprint density at radius 1 is 1.10 bits per heavy atom. The van der Waals surface area contributed by atoms with E-state index < -0.39 is 0 Å². The van der Waals surface area contributed by atoms with Crippen LogP contribution in [0, 0.1) is 12.8 Å². The van der Waals surface area contributed by atoms with Crippen molar-refractivity contribution in [2.45, 2.75) is 40.7 Å². The van der Waals surface area contributed by atoms with Gasteiger partial charge >= 0.3 is 6.03 Å². The lowest BCUT2D eigenvalue weighted by molar-refractivity contribution is -0.114. The van der Waals surface area contributed by atoms with E-state index in [1.165, 1.54) is 6.92 Å². The molecule has 0 spiro atoms. The molecule has 0 fully saturated rings. The molecule has 1 atom stereocenters. The number of rotatable bonds is 4. The van der Waals surface area contributed by atoms with Gasteiger partial charge < -0.3 is 16.0 Å². The third-order valence-electron chi connectivity index (χ3n) is 3.16. The standard InChI is InChI=1S/C15H23N3O2/c1-9(2)11(4)16-15(20)18-14-8-13(17-12(5)19)7-6-10(14)3/h6-9,11H,1-5H3,(H,17,19)(H2,16,18,20)/t11-/m1/s1. The molecule has 0 aliphatic carbocycles. The fourth-order valence-corrected chi connectivity index (χ4v) is 1.57. The molecule has 0 unspecified atom stereocenters. The van der Waals surface area contributed by atoms with Gasteiger partial charge in [-0.3, -0.25) is 4.79 Å². The predicted molar refractivity (Wildman–Crippen MR) is 81.9 cm³/mol. The van der Waals surface area contributed by atoms with E-state index in [0.717, 1.165) is 5.56 Å². The normalized spacial score (nSPS) is 11.9. The van der Waals surface area contributed by atoms with Crippen LogP contribution in [0.4, 0.5) is 16.2 Å². The second-order valence-electron chi connectivity index (χ2n) is 5.34. The Bertz CT molecular complexity index is 498. The smallest absolute Gasteiger partial charge is 0.319 e. The monoisotopic (exact) mass is 277 g/mol. The number of benzene rings is 1. The van der Waals surface area contributed by atoms with E-state index >= 15 is 0 Å². The number of nitrogens with one attached hydrogen (secondary N) is 3. The van der Waals surface area contributed by atoms with Gasteiger partial charge in [0, 0.05) is 24.3 Å². The number of anilines is 2. The summed E-state index contributed by atoms with van der Waals surface area (Å²) in [4.78, 5) is 22.9. The highest BCUT2D eigenvalue weighted by atomic mass is 16.2. The zero-order valence-electron chi connectivity index (χ0n) is 12.7. The molecule has 0 saturated heterocycles. The predicted octanol–water partition coefficient (Wildman–Crippen LogP) is 3.12. The van der Waals surface area contributed by atoms with Crippen LogP contribution in [0.5, 0.6) is 0 Å². The summed E-state index contributed by atoms with van der Waals surface area (Å²) < 4.78 is 0. The van der Waals surface area contributed by atoms with Gasteiger partial charge in [-0.1, -0.05) is 19.9 Å². The first-order valence-corrected chi connectivity index (χ1v) is 6.75. The molecule has 1 aromatic carbocycles. The van der Waals surface area contributed by atoms with E-state index in [2.05, 4.69) is 16.0 Å². The van der Waals surface area contributed by atoms with Gasteiger partial charge in [0.15, 0.2) is 0 Å². The van der Waals surface area contributed by atoms with E-state index in [4.69, 9.17) is 0 Å². The molecule has 0 aliphatic rings. The molecule has 1 aromatic rings. The number of amides is 3. The molecule has 0 aromatic heterocycles. The van der Waals surface area contributed by atoms with Crippen LogP contribution in [0.2, 0.25) is 0 Å². The van der Waals surface area contributed by atoms with Crippen molar-refractivity contribution in [1.29, 1.82) is 0 Å². The molecule has 5 heteroatoms. The van der Waals surface area contributed by atoms with Crippen molar-refractivity contribution in [2.24, 2.45) is 5.92 Å². The zero-order chi connectivity index (χ0) is 15.3. The van der Waals surface area contributed by atoms with Crippen LogP contribution in [-0.4, -0.2) is 18.0 Å². The number of urea groups is 1. The fourth-order valence-electron chi connectivity index (χ4n) is 1.57. The molecular formula is C15H23N3O2. The topological polar surface area (TPSA) is 70.2 Å². The minimum absolute atomic E-state index is 0.0915. The van der Waals surface area contributed by atoms with Gasteiger partial charge in [-0.05, 0) is 37.5 Å². The first-order valence-electron chi connectivity index (χ1n) is 6.75. The molecule has 0 saturated carbocycles. The molecule has 20 heavy (non-hydrogen) atoms. The third-order valence-corrected chi connectivity index (χ3v) is 3.16. The van der Waals surface area contributed by atoms with Crippen molar-refractivity contribution in [3.05, 3.63) is 23.8 Å². The maximum Gasteiger partial charge on any atom is 0.319 e. The summed E-state index contributed by atoms with van der Waals surface area (Å²) in [6.07, 6.45) is 0. The highest BCUT2D eigenvalue weighted by Crippen LogP contribution is 2.20. The first kappa shape index (κ1) is 16.0. The quantitative estimate of drug-likeness (QED) is 0.791. The van der Waals surface area contributed by atoms with Crippen molar-refractivity contribution in [2.75, 3.05) is 10.6 Å². The molecule has 1 rings (SSSR count). The molecule has 0 heterocycles. The molecule has 110 valence electrons. The van der Waals surface area contributed by atoms with Crippen molar-refractivity contribution < 1.29 is 9.59 Å². The minimum atomic E-state index is -0.241. The number of hydrogen-bond acceptors (Lipinski definition) is 2. The zero-order valence-corrected chi connectivity index (χ0v) is 12.7. The van der Waals surface area contributed by atoms with Gasteiger partial charge in [0.2, 0.25) is 5.91 Å². The average molecular weight is 277 g/mol. The van der Waals surface area contributed by atoms with E-state index in [9.17, 15) is 9.59 Å². The molecule has 3 amide bonds. The number of carbonyl (C=O) groups excluding carboxylic acids is 2. The van der Waals surface area contributed by atoms with Crippen LogP contribution in [0.1, 0.15) is 33.3 Å². The average Bonchev–Trinajstić information content (AvgIpc) is 2.32. The number of hydrogen-bond donors (Lipinski definition) is 3. The molecule has 0 radical (unpaired) electrons. The van der Waals surface area contributed by atoms with Gasteiger partial charge in [-0.15, -0.1) is 0 Å².